The van der Waals surface area contributed by atoms with Crippen LogP contribution < -0.4 is 5.32 Å². The van der Waals surface area contributed by atoms with Gasteiger partial charge >= 0.3 is 0 Å². The minimum Gasteiger partial charge on any atom is -0.352 e. The second kappa shape index (κ2) is 11.2. The van der Waals surface area contributed by atoms with Crippen LogP contribution in [0.2, 0.25) is 0 Å². The van der Waals surface area contributed by atoms with Crippen molar-refractivity contribution in [1.82, 2.24) is 10.2 Å². The van der Waals surface area contributed by atoms with Crippen LogP contribution in [-0.4, -0.2) is 33.7 Å². The van der Waals surface area contributed by atoms with E-state index in [1.165, 1.54) is 6.07 Å². The molecule has 2 atom stereocenters. The van der Waals surface area contributed by atoms with Crippen molar-refractivity contribution in [3.63, 3.8) is 0 Å². The molecule has 0 radical (unpaired) electrons. The number of amides is 2. The van der Waals surface area contributed by atoms with E-state index in [2.05, 4.69) is 5.32 Å². The van der Waals surface area contributed by atoms with Crippen LogP contribution >= 0.6 is 0 Å². The summed E-state index contributed by atoms with van der Waals surface area (Å²) in [5.74, 6) is -0.526. The molecule has 2 rings (SSSR count). The zero-order chi connectivity index (χ0) is 23.0. The summed E-state index contributed by atoms with van der Waals surface area (Å²) in [4.78, 5) is 38.8. The number of hydrogen-bond acceptors (Lipinski definition) is 4. The summed E-state index contributed by atoms with van der Waals surface area (Å²) < 4.78 is 0. The van der Waals surface area contributed by atoms with Gasteiger partial charge in [-0.1, -0.05) is 61.9 Å². The molecule has 7 nitrogen and oxygen atoms in total. The Morgan fingerprint density at radius 3 is 2.42 bits per heavy atom. The van der Waals surface area contributed by atoms with Crippen molar-refractivity contribution in [1.29, 1.82) is 0 Å². The molecule has 166 valence electrons. The minimum absolute atomic E-state index is 0.00678. The molecule has 2 amide bonds. The average Bonchev–Trinajstić information content (AvgIpc) is 2.73. The lowest BCUT2D eigenvalue weighted by Crippen LogP contribution is -2.51. The van der Waals surface area contributed by atoms with Gasteiger partial charge in [-0.15, -0.1) is 0 Å². The second-order valence-electron chi connectivity index (χ2n) is 7.82. The summed E-state index contributed by atoms with van der Waals surface area (Å²) in [6.07, 6.45) is 1.08. The van der Waals surface area contributed by atoms with Crippen LogP contribution in [0.1, 0.15) is 50.3 Å². The van der Waals surface area contributed by atoms with Gasteiger partial charge in [0.15, 0.2) is 0 Å². The standard InChI is InChI=1S/C24H31N3O4/c1-5-18(4)25-24(29)21(6-2)26(16-19-11-9-10-17(3)14-19)23(28)15-20-12-7-8-13-22(20)27(30)31/h7-14,18,21H,5-6,15-16H2,1-4H3,(H,25,29)/t18-,21+/m1/s1. The maximum atomic E-state index is 13.4. The van der Waals surface area contributed by atoms with E-state index in [0.717, 1.165) is 17.5 Å². The van der Waals surface area contributed by atoms with Crippen LogP contribution in [0.3, 0.4) is 0 Å². The highest BCUT2D eigenvalue weighted by atomic mass is 16.6. The van der Waals surface area contributed by atoms with Gasteiger partial charge in [-0.2, -0.15) is 0 Å². The lowest BCUT2D eigenvalue weighted by Gasteiger charge is -2.31. The molecule has 2 aromatic rings. The van der Waals surface area contributed by atoms with E-state index >= 15 is 0 Å². The molecule has 0 spiro atoms. The molecule has 2 aromatic carbocycles. The molecule has 0 aromatic heterocycles. The molecule has 0 bridgehead atoms. The molecule has 7 heteroatoms. The second-order valence-corrected chi connectivity index (χ2v) is 7.82. The summed E-state index contributed by atoms with van der Waals surface area (Å²) in [5, 5.41) is 14.3. The van der Waals surface area contributed by atoms with E-state index in [9.17, 15) is 19.7 Å². The van der Waals surface area contributed by atoms with Crippen LogP contribution in [0.25, 0.3) is 0 Å². The largest absolute Gasteiger partial charge is 0.352 e. The molecular weight excluding hydrogens is 394 g/mol. The quantitative estimate of drug-likeness (QED) is 0.457. The molecule has 0 aliphatic carbocycles. The maximum absolute atomic E-state index is 13.4. The molecule has 0 saturated heterocycles. The van der Waals surface area contributed by atoms with Crippen molar-refractivity contribution in [3.05, 3.63) is 75.3 Å². The van der Waals surface area contributed by atoms with Crippen LogP contribution in [-0.2, 0) is 22.6 Å². The predicted octanol–water partition coefficient (Wildman–Crippen LogP) is 4.17. The lowest BCUT2D eigenvalue weighted by atomic mass is 10.0. The number of aryl methyl sites for hydroxylation is 1. The van der Waals surface area contributed by atoms with Crippen molar-refractivity contribution in [2.24, 2.45) is 0 Å². The third kappa shape index (κ3) is 6.64. The normalized spacial score (nSPS) is 12.6. The Morgan fingerprint density at radius 2 is 1.81 bits per heavy atom. The van der Waals surface area contributed by atoms with Crippen LogP contribution in [0.4, 0.5) is 5.69 Å². The average molecular weight is 426 g/mol. The van der Waals surface area contributed by atoms with E-state index in [1.54, 1.807) is 23.1 Å². The number of hydrogen-bond donors (Lipinski definition) is 1. The number of carbonyl (C=O) groups is 2. The zero-order valence-electron chi connectivity index (χ0n) is 18.6. The Morgan fingerprint density at radius 1 is 1.10 bits per heavy atom. The SMILES string of the molecule is CC[C@@H](C)NC(=O)[C@H](CC)N(Cc1cccc(C)c1)C(=O)Cc1ccccc1[N+](=O)[O-]. The highest BCUT2D eigenvalue weighted by Crippen LogP contribution is 2.21. The van der Waals surface area contributed by atoms with Gasteiger partial charge in [0.1, 0.15) is 6.04 Å². The molecule has 31 heavy (non-hydrogen) atoms. The Kier molecular flexibility index (Phi) is 8.73. The summed E-state index contributed by atoms with van der Waals surface area (Å²) in [5.41, 5.74) is 2.21. The number of nitro benzene ring substituents is 1. The molecule has 0 saturated carbocycles. The van der Waals surface area contributed by atoms with E-state index < -0.39 is 11.0 Å². The van der Waals surface area contributed by atoms with Gasteiger partial charge < -0.3 is 10.2 Å². The first-order chi connectivity index (χ1) is 14.8. The first-order valence-electron chi connectivity index (χ1n) is 10.6. The fraction of sp³-hybridized carbons (Fsp3) is 0.417. The van der Waals surface area contributed by atoms with E-state index in [4.69, 9.17) is 0 Å². The lowest BCUT2D eigenvalue weighted by molar-refractivity contribution is -0.385. The van der Waals surface area contributed by atoms with Crippen molar-refractivity contribution >= 4 is 17.5 Å². The molecule has 0 aliphatic heterocycles. The molecule has 0 unspecified atom stereocenters. The first kappa shape index (κ1) is 24.1. The summed E-state index contributed by atoms with van der Waals surface area (Å²) >= 11 is 0. The van der Waals surface area contributed by atoms with E-state index in [-0.39, 0.29) is 36.5 Å². The van der Waals surface area contributed by atoms with Gasteiger partial charge in [-0.05, 0) is 32.3 Å². The summed E-state index contributed by atoms with van der Waals surface area (Å²) in [6, 6.07) is 13.3. The fourth-order valence-corrected chi connectivity index (χ4v) is 3.47. The Hall–Kier alpha value is -3.22. The number of nitrogens with zero attached hydrogens (tertiary/aromatic N) is 2. The Labute approximate surface area is 183 Å². The molecule has 1 N–H and O–H groups in total. The van der Waals surface area contributed by atoms with Crippen molar-refractivity contribution in [3.8, 4) is 0 Å². The number of benzene rings is 2. The topological polar surface area (TPSA) is 92.6 Å². The van der Waals surface area contributed by atoms with Crippen molar-refractivity contribution in [2.45, 2.75) is 65.6 Å². The summed E-state index contributed by atoms with van der Waals surface area (Å²) in [7, 11) is 0. The number of para-hydroxylation sites is 1. The molecule has 0 fully saturated rings. The number of nitrogens with one attached hydrogen (secondary N) is 1. The monoisotopic (exact) mass is 425 g/mol. The van der Waals surface area contributed by atoms with Crippen LogP contribution in [0, 0.1) is 17.0 Å². The van der Waals surface area contributed by atoms with E-state index in [0.29, 0.717) is 12.0 Å². The zero-order valence-corrected chi connectivity index (χ0v) is 18.6. The highest BCUT2D eigenvalue weighted by Gasteiger charge is 2.30. The number of carbonyl (C=O) groups excluding carboxylic acids is 2. The van der Waals surface area contributed by atoms with Crippen LogP contribution in [0.15, 0.2) is 48.5 Å². The van der Waals surface area contributed by atoms with Crippen molar-refractivity contribution in [2.75, 3.05) is 0 Å². The van der Waals surface area contributed by atoms with E-state index in [1.807, 2.05) is 52.0 Å². The Bertz CT molecular complexity index is 929. The van der Waals surface area contributed by atoms with Gasteiger partial charge in [0.2, 0.25) is 11.8 Å². The molecule has 0 heterocycles. The Balaban J connectivity index is 2.37. The predicted molar refractivity (Wildman–Crippen MR) is 121 cm³/mol. The van der Waals surface area contributed by atoms with Gasteiger partial charge in [0, 0.05) is 24.2 Å². The smallest absolute Gasteiger partial charge is 0.273 e. The molecular formula is C24H31N3O4. The van der Waals surface area contributed by atoms with Gasteiger partial charge in [0.05, 0.1) is 11.3 Å². The minimum atomic E-state index is -0.662. The maximum Gasteiger partial charge on any atom is 0.273 e. The number of rotatable bonds is 10. The number of nitro groups is 1. The third-order valence-corrected chi connectivity index (χ3v) is 5.35. The fourth-order valence-electron chi connectivity index (χ4n) is 3.47. The molecule has 0 aliphatic rings. The van der Waals surface area contributed by atoms with Crippen LogP contribution in [0.5, 0.6) is 0 Å². The first-order valence-corrected chi connectivity index (χ1v) is 10.6. The summed E-state index contributed by atoms with van der Waals surface area (Å²) in [6.45, 7) is 7.99. The highest BCUT2D eigenvalue weighted by molar-refractivity contribution is 5.89. The van der Waals surface area contributed by atoms with Gasteiger partial charge in [-0.3, -0.25) is 19.7 Å². The van der Waals surface area contributed by atoms with Gasteiger partial charge in [-0.25, -0.2) is 0 Å². The van der Waals surface area contributed by atoms with Crippen molar-refractivity contribution < 1.29 is 14.5 Å². The van der Waals surface area contributed by atoms with Gasteiger partial charge in [0.25, 0.3) is 5.69 Å². The third-order valence-electron chi connectivity index (χ3n) is 5.35.